The highest BCUT2D eigenvalue weighted by atomic mass is 35.5. The van der Waals surface area contributed by atoms with Crippen molar-refractivity contribution in [3.05, 3.63) is 28.8 Å². The summed E-state index contributed by atoms with van der Waals surface area (Å²) in [5, 5.41) is 5.28. The molecular formula is C15H19ClN2O2S. The number of nitrogens with zero attached hydrogens (tertiary/aromatic N) is 1. The summed E-state index contributed by atoms with van der Waals surface area (Å²) in [6.07, 6.45) is 2.10. The van der Waals surface area contributed by atoms with Crippen molar-refractivity contribution in [2.45, 2.75) is 24.9 Å². The normalized spacial score (nSPS) is 22.5. The molecule has 0 aliphatic carbocycles. The van der Waals surface area contributed by atoms with E-state index in [9.17, 15) is 0 Å². The molecule has 0 unspecified atom stereocenters. The summed E-state index contributed by atoms with van der Waals surface area (Å²) >= 11 is 8.03. The van der Waals surface area contributed by atoms with Crippen LogP contribution in [-0.2, 0) is 11.3 Å². The highest BCUT2D eigenvalue weighted by molar-refractivity contribution is 8.14. The summed E-state index contributed by atoms with van der Waals surface area (Å²) in [6, 6.07) is 5.67. The van der Waals surface area contributed by atoms with E-state index in [4.69, 9.17) is 21.1 Å². The van der Waals surface area contributed by atoms with Gasteiger partial charge in [0.15, 0.2) is 5.17 Å². The third-order valence-corrected chi connectivity index (χ3v) is 5.54. The van der Waals surface area contributed by atoms with Gasteiger partial charge >= 0.3 is 0 Å². The molecule has 1 aromatic rings. The smallest absolute Gasteiger partial charge is 0.157 e. The molecule has 0 bridgehead atoms. The van der Waals surface area contributed by atoms with Gasteiger partial charge < -0.3 is 14.8 Å². The Bertz CT molecular complexity index is 544. The Labute approximate surface area is 134 Å². The molecule has 1 N–H and O–H groups in total. The second kappa shape index (κ2) is 6.46. The zero-order valence-corrected chi connectivity index (χ0v) is 13.6. The lowest BCUT2D eigenvalue weighted by molar-refractivity contribution is 0.0555. The molecule has 2 aliphatic heterocycles. The second-order valence-corrected chi connectivity index (χ2v) is 6.72. The minimum absolute atomic E-state index is 0.173. The van der Waals surface area contributed by atoms with Crippen LogP contribution in [0.1, 0.15) is 18.4 Å². The molecule has 2 saturated heterocycles. The van der Waals surface area contributed by atoms with E-state index >= 15 is 0 Å². The molecule has 4 nitrogen and oxygen atoms in total. The molecule has 0 aromatic heterocycles. The Morgan fingerprint density at radius 2 is 2.24 bits per heavy atom. The third-order valence-electron chi connectivity index (χ3n) is 3.98. The van der Waals surface area contributed by atoms with E-state index in [-0.39, 0.29) is 5.54 Å². The molecule has 114 valence electrons. The molecule has 1 spiro atoms. The minimum atomic E-state index is 0.173. The fourth-order valence-electron chi connectivity index (χ4n) is 2.66. The topological polar surface area (TPSA) is 42.8 Å². The Balaban J connectivity index is 1.70. The zero-order chi connectivity index (χ0) is 14.7. The van der Waals surface area contributed by atoms with Crippen LogP contribution in [0.25, 0.3) is 0 Å². The van der Waals surface area contributed by atoms with Crippen molar-refractivity contribution in [1.82, 2.24) is 5.32 Å². The van der Waals surface area contributed by atoms with Crippen molar-refractivity contribution in [2.24, 2.45) is 4.99 Å². The summed E-state index contributed by atoms with van der Waals surface area (Å²) < 4.78 is 10.8. The Hall–Kier alpha value is -0.910. The van der Waals surface area contributed by atoms with Crippen molar-refractivity contribution in [3.8, 4) is 5.75 Å². The maximum atomic E-state index is 6.24. The van der Waals surface area contributed by atoms with Gasteiger partial charge in [0.25, 0.3) is 0 Å². The van der Waals surface area contributed by atoms with Crippen molar-refractivity contribution >= 4 is 28.5 Å². The van der Waals surface area contributed by atoms with Crippen LogP contribution < -0.4 is 10.1 Å². The molecule has 21 heavy (non-hydrogen) atoms. The van der Waals surface area contributed by atoms with Crippen LogP contribution in [0.2, 0.25) is 5.02 Å². The van der Waals surface area contributed by atoms with Crippen LogP contribution in [0.3, 0.4) is 0 Å². The fourth-order valence-corrected chi connectivity index (χ4v) is 4.10. The molecule has 3 rings (SSSR count). The summed E-state index contributed by atoms with van der Waals surface area (Å²) in [5.74, 6) is 1.85. The van der Waals surface area contributed by atoms with E-state index in [0.29, 0.717) is 11.6 Å². The largest absolute Gasteiger partial charge is 0.496 e. The lowest BCUT2D eigenvalue weighted by Crippen LogP contribution is -2.48. The van der Waals surface area contributed by atoms with E-state index in [0.717, 1.165) is 48.3 Å². The molecule has 0 amide bonds. The zero-order valence-electron chi connectivity index (χ0n) is 12.0. The number of thioether (sulfide) groups is 1. The van der Waals surface area contributed by atoms with Gasteiger partial charge in [-0.3, -0.25) is 4.99 Å². The van der Waals surface area contributed by atoms with Crippen LogP contribution in [0.4, 0.5) is 0 Å². The van der Waals surface area contributed by atoms with Crippen molar-refractivity contribution in [2.75, 3.05) is 26.1 Å². The minimum Gasteiger partial charge on any atom is -0.496 e. The first kappa shape index (κ1) is 15.0. The molecule has 2 fully saturated rings. The number of amidine groups is 1. The molecule has 0 radical (unpaired) electrons. The second-order valence-electron chi connectivity index (χ2n) is 5.35. The first-order valence-corrected chi connectivity index (χ1v) is 8.43. The van der Waals surface area contributed by atoms with Gasteiger partial charge in [0.1, 0.15) is 5.75 Å². The summed E-state index contributed by atoms with van der Waals surface area (Å²) in [7, 11) is 1.65. The number of aliphatic imine (C=N–C) groups is 1. The number of ether oxygens (including phenoxy) is 2. The van der Waals surface area contributed by atoms with Gasteiger partial charge in [-0.15, -0.1) is 0 Å². The average Bonchev–Trinajstić information content (AvgIpc) is 2.89. The van der Waals surface area contributed by atoms with E-state index < -0.39 is 0 Å². The molecule has 0 atom stereocenters. The SMILES string of the molecule is COc1cccc(Cl)c1CN=C1NC2(CCOCC2)CS1. The highest BCUT2D eigenvalue weighted by Crippen LogP contribution is 2.33. The van der Waals surface area contributed by atoms with Gasteiger partial charge in [0.05, 0.1) is 19.2 Å². The number of halogens is 1. The van der Waals surface area contributed by atoms with Gasteiger partial charge in [-0.2, -0.15) is 0 Å². The van der Waals surface area contributed by atoms with Gasteiger partial charge in [0, 0.05) is 29.6 Å². The van der Waals surface area contributed by atoms with Crippen LogP contribution >= 0.6 is 23.4 Å². The maximum Gasteiger partial charge on any atom is 0.157 e. The van der Waals surface area contributed by atoms with E-state index in [1.54, 1.807) is 18.9 Å². The predicted molar refractivity (Wildman–Crippen MR) is 87.5 cm³/mol. The maximum absolute atomic E-state index is 6.24. The van der Waals surface area contributed by atoms with Gasteiger partial charge in [-0.05, 0) is 25.0 Å². The Morgan fingerprint density at radius 3 is 3.00 bits per heavy atom. The monoisotopic (exact) mass is 326 g/mol. The standard InChI is InChI=1S/C15H19ClN2O2S/c1-19-13-4-2-3-12(16)11(13)9-17-14-18-15(10-21-14)5-7-20-8-6-15/h2-4H,5-10H2,1H3,(H,17,18). The van der Waals surface area contributed by atoms with Crippen molar-refractivity contribution in [1.29, 1.82) is 0 Å². The van der Waals surface area contributed by atoms with Crippen LogP contribution in [0.15, 0.2) is 23.2 Å². The highest BCUT2D eigenvalue weighted by Gasteiger charge is 2.38. The van der Waals surface area contributed by atoms with Crippen LogP contribution in [0.5, 0.6) is 5.75 Å². The van der Waals surface area contributed by atoms with E-state index in [2.05, 4.69) is 10.3 Å². The fraction of sp³-hybridized carbons (Fsp3) is 0.533. The first-order chi connectivity index (χ1) is 10.2. The van der Waals surface area contributed by atoms with Gasteiger partial charge in [-0.25, -0.2) is 0 Å². The number of rotatable bonds is 3. The lowest BCUT2D eigenvalue weighted by Gasteiger charge is -2.32. The number of hydrogen-bond donors (Lipinski definition) is 1. The number of hydrogen-bond acceptors (Lipinski definition) is 4. The predicted octanol–water partition coefficient (Wildman–Crippen LogP) is 3.09. The molecular weight excluding hydrogens is 308 g/mol. The van der Waals surface area contributed by atoms with Crippen molar-refractivity contribution in [3.63, 3.8) is 0 Å². The number of benzene rings is 1. The molecule has 6 heteroatoms. The first-order valence-electron chi connectivity index (χ1n) is 7.07. The Morgan fingerprint density at radius 1 is 1.43 bits per heavy atom. The number of methoxy groups -OCH3 is 1. The summed E-state index contributed by atoms with van der Waals surface area (Å²) in [4.78, 5) is 4.68. The summed E-state index contributed by atoms with van der Waals surface area (Å²) in [6.45, 7) is 2.20. The van der Waals surface area contributed by atoms with Crippen LogP contribution in [-0.4, -0.2) is 36.8 Å². The van der Waals surface area contributed by atoms with Crippen molar-refractivity contribution < 1.29 is 9.47 Å². The lowest BCUT2D eigenvalue weighted by atomic mass is 9.93. The Kier molecular flexibility index (Phi) is 4.62. The molecule has 2 heterocycles. The van der Waals surface area contributed by atoms with Crippen LogP contribution in [0, 0.1) is 0 Å². The molecule has 1 aromatic carbocycles. The molecule has 0 saturated carbocycles. The van der Waals surface area contributed by atoms with E-state index in [1.165, 1.54) is 0 Å². The number of nitrogens with one attached hydrogen (secondary N) is 1. The van der Waals surface area contributed by atoms with Gasteiger partial charge in [0.2, 0.25) is 0 Å². The average molecular weight is 327 g/mol. The summed E-state index contributed by atoms with van der Waals surface area (Å²) in [5.41, 5.74) is 1.11. The third kappa shape index (κ3) is 3.30. The van der Waals surface area contributed by atoms with Gasteiger partial charge in [-0.1, -0.05) is 29.4 Å². The quantitative estimate of drug-likeness (QED) is 0.927. The molecule has 2 aliphatic rings. The van der Waals surface area contributed by atoms with E-state index in [1.807, 2.05) is 18.2 Å².